The topological polar surface area (TPSA) is 93.6 Å². The fourth-order valence-electron chi connectivity index (χ4n) is 4.38. The number of fused-ring (bicyclic) bond motifs is 1. The van der Waals surface area contributed by atoms with E-state index in [0.29, 0.717) is 31.6 Å². The van der Waals surface area contributed by atoms with Gasteiger partial charge in [-0.15, -0.1) is 0 Å². The van der Waals surface area contributed by atoms with E-state index in [1.165, 1.54) is 5.56 Å². The van der Waals surface area contributed by atoms with E-state index < -0.39 is 0 Å². The maximum absolute atomic E-state index is 5.97. The highest BCUT2D eigenvalue weighted by molar-refractivity contribution is 6.05. The number of hydrazone groups is 1. The van der Waals surface area contributed by atoms with Gasteiger partial charge in [-0.25, -0.2) is 0 Å². The Morgan fingerprint density at radius 2 is 1.79 bits per heavy atom. The van der Waals surface area contributed by atoms with Crippen molar-refractivity contribution in [3.63, 3.8) is 0 Å². The van der Waals surface area contributed by atoms with Crippen LogP contribution < -0.4 is 19.8 Å². The molecule has 0 spiro atoms. The van der Waals surface area contributed by atoms with Crippen LogP contribution in [0.5, 0.6) is 11.8 Å². The standard InChI is InChI=1S/C24H32N6O4/c1-31-19-4-2-18-3-5-21(20(18)16-19)27-28-22-17-23(30-9-13-33-14-10-30)26-24(25-22)34-15-8-29-6-11-32-12-7-29/h2,4,16-17H,3,5-15H2,1H3,(H,25,26,28)/b27-21-. The summed E-state index contributed by atoms with van der Waals surface area (Å²) in [7, 11) is 1.68. The number of anilines is 2. The Morgan fingerprint density at radius 1 is 1.00 bits per heavy atom. The van der Waals surface area contributed by atoms with Crippen LogP contribution in [0, 0.1) is 0 Å². The first-order valence-corrected chi connectivity index (χ1v) is 11.9. The van der Waals surface area contributed by atoms with Gasteiger partial charge >= 0.3 is 6.01 Å². The predicted molar refractivity (Wildman–Crippen MR) is 129 cm³/mol. The summed E-state index contributed by atoms with van der Waals surface area (Å²) in [5.74, 6) is 2.26. The third kappa shape index (κ3) is 5.57. The third-order valence-electron chi connectivity index (χ3n) is 6.33. The van der Waals surface area contributed by atoms with Gasteiger partial charge in [-0.1, -0.05) is 6.07 Å². The Hall–Kier alpha value is -2.95. The molecule has 1 aliphatic carbocycles. The molecule has 10 nitrogen and oxygen atoms in total. The number of rotatable bonds is 8. The SMILES string of the molecule is COc1ccc2c(c1)/C(=N\Nc1cc(N3CCOCC3)nc(OCCN3CCOCC3)n1)CC2. The summed E-state index contributed by atoms with van der Waals surface area (Å²) in [5, 5.41) is 4.69. The highest BCUT2D eigenvalue weighted by Crippen LogP contribution is 2.27. The van der Waals surface area contributed by atoms with E-state index in [9.17, 15) is 0 Å². The van der Waals surface area contributed by atoms with E-state index in [1.807, 2.05) is 18.2 Å². The number of aromatic nitrogens is 2. The second-order valence-electron chi connectivity index (χ2n) is 8.49. The number of hydrogen-bond donors (Lipinski definition) is 1. The van der Waals surface area contributed by atoms with Crippen LogP contribution in [0.25, 0.3) is 0 Å². The number of nitrogens with zero attached hydrogens (tertiary/aromatic N) is 5. The molecule has 2 fully saturated rings. The number of morpholine rings is 2. The fourth-order valence-corrected chi connectivity index (χ4v) is 4.38. The van der Waals surface area contributed by atoms with Crippen LogP contribution in [0.3, 0.4) is 0 Å². The molecule has 0 unspecified atom stereocenters. The molecular formula is C24H32N6O4. The van der Waals surface area contributed by atoms with E-state index in [-0.39, 0.29) is 0 Å². The third-order valence-corrected chi connectivity index (χ3v) is 6.33. The fraction of sp³-hybridized carbons (Fsp3) is 0.542. The second-order valence-corrected chi connectivity index (χ2v) is 8.49. The quantitative estimate of drug-likeness (QED) is 0.582. The van der Waals surface area contributed by atoms with Crippen LogP contribution in [0.2, 0.25) is 0 Å². The largest absolute Gasteiger partial charge is 0.497 e. The number of benzene rings is 1. The van der Waals surface area contributed by atoms with Crippen molar-refractivity contribution in [2.75, 3.05) is 83.2 Å². The lowest BCUT2D eigenvalue weighted by molar-refractivity contribution is 0.0317. The smallest absolute Gasteiger partial charge is 0.320 e. The molecule has 0 radical (unpaired) electrons. The first-order chi connectivity index (χ1) is 16.8. The lowest BCUT2D eigenvalue weighted by Crippen LogP contribution is -2.39. The first kappa shape index (κ1) is 22.8. The molecule has 182 valence electrons. The summed E-state index contributed by atoms with van der Waals surface area (Å²) in [5.41, 5.74) is 6.56. The predicted octanol–water partition coefficient (Wildman–Crippen LogP) is 1.80. The van der Waals surface area contributed by atoms with Gasteiger partial charge in [0.1, 0.15) is 18.2 Å². The zero-order valence-electron chi connectivity index (χ0n) is 19.7. The highest BCUT2D eigenvalue weighted by atomic mass is 16.5. The highest BCUT2D eigenvalue weighted by Gasteiger charge is 2.20. The average molecular weight is 469 g/mol. The maximum Gasteiger partial charge on any atom is 0.320 e. The Morgan fingerprint density at radius 3 is 2.59 bits per heavy atom. The van der Waals surface area contributed by atoms with E-state index in [1.54, 1.807) is 7.11 Å². The Balaban J connectivity index is 1.31. The van der Waals surface area contributed by atoms with E-state index in [4.69, 9.17) is 24.0 Å². The van der Waals surface area contributed by atoms with Crippen molar-refractivity contribution in [1.29, 1.82) is 0 Å². The van der Waals surface area contributed by atoms with Crippen molar-refractivity contribution in [1.82, 2.24) is 14.9 Å². The molecule has 3 aliphatic rings. The molecule has 1 aromatic carbocycles. The van der Waals surface area contributed by atoms with Gasteiger partial charge < -0.3 is 23.8 Å². The first-order valence-electron chi connectivity index (χ1n) is 11.9. The number of aryl methyl sites for hydroxylation is 1. The van der Waals surface area contributed by atoms with Gasteiger partial charge in [-0.3, -0.25) is 10.3 Å². The van der Waals surface area contributed by atoms with Crippen molar-refractivity contribution in [2.45, 2.75) is 12.8 Å². The molecule has 1 aromatic heterocycles. The summed E-state index contributed by atoms with van der Waals surface area (Å²) in [6.45, 7) is 7.66. The van der Waals surface area contributed by atoms with Gasteiger partial charge in [0.2, 0.25) is 0 Å². The average Bonchev–Trinajstić information content (AvgIpc) is 3.30. The van der Waals surface area contributed by atoms with Crippen molar-refractivity contribution in [3.05, 3.63) is 35.4 Å². The molecule has 3 heterocycles. The van der Waals surface area contributed by atoms with Crippen molar-refractivity contribution < 1.29 is 18.9 Å². The monoisotopic (exact) mass is 468 g/mol. The Bertz CT molecular complexity index is 1000. The van der Waals surface area contributed by atoms with E-state index >= 15 is 0 Å². The summed E-state index contributed by atoms with van der Waals surface area (Å²) < 4.78 is 22.3. The number of ether oxygens (including phenoxy) is 4. The van der Waals surface area contributed by atoms with Crippen molar-refractivity contribution >= 4 is 17.3 Å². The lowest BCUT2D eigenvalue weighted by Gasteiger charge is -2.28. The summed E-state index contributed by atoms with van der Waals surface area (Å²) in [6, 6.07) is 8.43. The number of methoxy groups -OCH3 is 1. The van der Waals surface area contributed by atoms with E-state index in [0.717, 1.165) is 81.6 Å². The molecule has 0 atom stereocenters. The van der Waals surface area contributed by atoms with Gasteiger partial charge in [0.15, 0.2) is 5.82 Å². The molecule has 2 saturated heterocycles. The minimum Gasteiger partial charge on any atom is -0.497 e. The molecule has 0 saturated carbocycles. The van der Waals surface area contributed by atoms with Crippen LogP contribution in [-0.4, -0.2) is 93.4 Å². The Labute approximate surface area is 199 Å². The molecule has 2 aromatic rings. The molecule has 10 heteroatoms. The van der Waals surface area contributed by atoms with Crippen LogP contribution in [0.1, 0.15) is 17.5 Å². The summed E-state index contributed by atoms with van der Waals surface area (Å²) >= 11 is 0. The zero-order chi connectivity index (χ0) is 23.2. The molecule has 34 heavy (non-hydrogen) atoms. The van der Waals surface area contributed by atoms with Crippen molar-refractivity contribution in [3.8, 4) is 11.8 Å². The van der Waals surface area contributed by atoms with Crippen LogP contribution in [0.15, 0.2) is 29.4 Å². The molecule has 0 amide bonds. The second kappa shape index (κ2) is 11.0. The molecule has 1 N–H and O–H groups in total. The van der Waals surface area contributed by atoms with Crippen molar-refractivity contribution in [2.24, 2.45) is 5.10 Å². The zero-order valence-corrected chi connectivity index (χ0v) is 19.7. The van der Waals surface area contributed by atoms with Crippen LogP contribution in [-0.2, 0) is 15.9 Å². The minimum absolute atomic E-state index is 0.355. The van der Waals surface area contributed by atoms with Gasteiger partial charge in [-0.2, -0.15) is 15.1 Å². The van der Waals surface area contributed by atoms with Gasteiger partial charge in [0, 0.05) is 44.4 Å². The molecule has 5 rings (SSSR count). The molecule has 0 bridgehead atoms. The molecular weight excluding hydrogens is 436 g/mol. The lowest BCUT2D eigenvalue weighted by atomic mass is 10.1. The van der Waals surface area contributed by atoms with Crippen LogP contribution in [0.4, 0.5) is 11.6 Å². The number of nitrogens with one attached hydrogen (secondary N) is 1. The summed E-state index contributed by atoms with van der Waals surface area (Å²) in [4.78, 5) is 13.8. The van der Waals surface area contributed by atoms with Gasteiger partial charge in [0.25, 0.3) is 0 Å². The molecule has 2 aliphatic heterocycles. The summed E-state index contributed by atoms with van der Waals surface area (Å²) in [6.07, 6.45) is 1.85. The van der Waals surface area contributed by atoms with Gasteiger partial charge in [0.05, 0.1) is 39.2 Å². The van der Waals surface area contributed by atoms with Crippen LogP contribution >= 0.6 is 0 Å². The number of hydrogen-bond acceptors (Lipinski definition) is 10. The minimum atomic E-state index is 0.355. The Kier molecular flexibility index (Phi) is 7.37. The van der Waals surface area contributed by atoms with Gasteiger partial charge in [-0.05, 0) is 30.5 Å². The van der Waals surface area contributed by atoms with E-state index in [2.05, 4.69) is 31.3 Å². The maximum atomic E-state index is 5.97. The normalized spacial score (nSPS) is 19.8.